The molecule has 0 saturated carbocycles. The van der Waals surface area contributed by atoms with Crippen LogP contribution in [0.15, 0.2) is 0 Å². The summed E-state index contributed by atoms with van der Waals surface area (Å²) in [4.78, 5) is 23.5. The van der Waals surface area contributed by atoms with Gasteiger partial charge in [-0.25, -0.2) is 0 Å². The summed E-state index contributed by atoms with van der Waals surface area (Å²) in [5.41, 5.74) is 0. The zero-order valence-electron chi connectivity index (χ0n) is 9.77. The van der Waals surface area contributed by atoms with E-state index in [9.17, 15) is 9.59 Å². The molecule has 16 heavy (non-hydrogen) atoms. The van der Waals surface area contributed by atoms with Gasteiger partial charge >= 0.3 is 5.97 Å². The number of nitrogens with zero attached hydrogens (tertiary/aromatic N) is 1. The second-order valence-corrected chi connectivity index (χ2v) is 4.04. The SMILES string of the molecule is CCOCCN(CC)C(=O)CSCC(=O)O. The van der Waals surface area contributed by atoms with Crippen LogP contribution in [-0.4, -0.2) is 59.7 Å². The average Bonchev–Trinajstić information content (AvgIpc) is 2.23. The highest BCUT2D eigenvalue weighted by Crippen LogP contribution is 2.02. The van der Waals surface area contributed by atoms with Crippen molar-refractivity contribution in [2.24, 2.45) is 0 Å². The maximum atomic E-state index is 11.6. The van der Waals surface area contributed by atoms with E-state index in [0.717, 1.165) is 11.8 Å². The fraction of sp³-hybridized carbons (Fsp3) is 0.800. The standard InChI is InChI=1S/C10H19NO4S/c1-3-11(5-6-15-4-2)9(12)7-16-8-10(13)14/h3-8H2,1-2H3,(H,13,14). The number of thioether (sulfide) groups is 1. The van der Waals surface area contributed by atoms with E-state index in [2.05, 4.69) is 0 Å². The molecule has 0 fully saturated rings. The molecule has 0 aromatic heterocycles. The van der Waals surface area contributed by atoms with E-state index in [1.807, 2.05) is 13.8 Å². The van der Waals surface area contributed by atoms with E-state index in [1.165, 1.54) is 0 Å². The lowest BCUT2D eigenvalue weighted by atomic mass is 10.5. The lowest BCUT2D eigenvalue weighted by molar-refractivity contribution is -0.133. The summed E-state index contributed by atoms with van der Waals surface area (Å²) in [5.74, 6) is -0.746. The van der Waals surface area contributed by atoms with Gasteiger partial charge in [0.25, 0.3) is 0 Å². The van der Waals surface area contributed by atoms with Crippen LogP contribution in [0.2, 0.25) is 0 Å². The fourth-order valence-electron chi connectivity index (χ4n) is 1.10. The van der Waals surface area contributed by atoms with Gasteiger partial charge in [0.05, 0.1) is 18.1 Å². The smallest absolute Gasteiger partial charge is 0.313 e. The van der Waals surface area contributed by atoms with Crippen molar-refractivity contribution in [2.45, 2.75) is 13.8 Å². The van der Waals surface area contributed by atoms with Crippen LogP contribution in [0.3, 0.4) is 0 Å². The summed E-state index contributed by atoms with van der Waals surface area (Å²) in [6.07, 6.45) is 0. The molecular formula is C10H19NO4S. The zero-order chi connectivity index (χ0) is 12.4. The number of rotatable bonds is 9. The molecule has 0 aromatic carbocycles. The Balaban J connectivity index is 3.77. The quantitative estimate of drug-likeness (QED) is 0.609. The van der Waals surface area contributed by atoms with Gasteiger partial charge in [0, 0.05) is 19.7 Å². The molecule has 0 aromatic rings. The summed E-state index contributed by atoms with van der Waals surface area (Å²) >= 11 is 1.12. The van der Waals surface area contributed by atoms with E-state index < -0.39 is 5.97 Å². The van der Waals surface area contributed by atoms with Crippen LogP contribution in [-0.2, 0) is 14.3 Å². The first-order valence-electron chi connectivity index (χ1n) is 5.26. The first kappa shape index (κ1) is 15.2. The van der Waals surface area contributed by atoms with Crippen molar-refractivity contribution >= 4 is 23.6 Å². The summed E-state index contributed by atoms with van der Waals surface area (Å²) in [7, 11) is 0. The molecule has 1 amide bonds. The molecule has 0 unspecified atom stereocenters. The molecule has 0 spiro atoms. The second kappa shape index (κ2) is 9.47. The third-order valence-corrected chi connectivity index (χ3v) is 2.80. The Morgan fingerprint density at radius 3 is 2.50 bits per heavy atom. The van der Waals surface area contributed by atoms with E-state index in [0.29, 0.717) is 26.3 Å². The Morgan fingerprint density at radius 2 is 2.00 bits per heavy atom. The lowest BCUT2D eigenvalue weighted by Gasteiger charge is -2.20. The van der Waals surface area contributed by atoms with Gasteiger partial charge in [-0.2, -0.15) is 0 Å². The number of hydrogen-bond donors (Lipinski definition) is 1. The summed E-state index contributed by atoms with van der Waals surface area (Å²) in [6, 6.07) is 0. The molecule has 0 radical (unpaired) electrons. The summed E-state index contributed by atoms with van der Waals surface area (Å²) < 4.78 is 5.16. The molecule has 0 bridgehead atoms. The molecule has 5 nitrogen and oxygen atoms in total. The molecular weight excluding hydrogens is 230 g/mol. The van der Waals surface area contributed by atoms with Crippen LogP contribution < -0.4 is 0 Å². The van der Waals surface area contributed by atoms with Crippen molar-refractivity contribution in [3.05, 3.63) is 0 Å². The maximum Gasteiger partial charge on any atom is 0.313 e. The van der Waals surface area contributed by atoms with Crippen molar-refractivity contribution in [3.8, 4) is 0 Å². The van der Waals surface area contributed by atoms with Crippen LogP contribution in [0.25, 0.3) is 0 Å². The molecule has 0 atom stereocenters. The fourth-order valence-corrected chi connectivity index (χ4v) is 1.73. The molecule has 0 aliphatic rings. The largest absolute Gasteiger partial charge is 0.481 e. The normalized spacial score (nSPS) is 10.1. The van der Waals surface area contributed by atoms with Crippen LogP contribution in [0.4, 0.5) is 0 Å². The highest BCUT2D eigenvalue weighted by Gasteiger charge is 2.11. The minimum atomic E-state index is -0.893. The van der Waals surface area contributed by atoms with Gasteiger partial charge in [-0.1, -0.05) is 0 Å². The number of carbonyl (C=O) groups is 2. The van der Waals surface area contributed by atoms with Crippen LogP contribution in [0, 0.1) is 0 Å². The van der Waals surface area contributed by atoms with E-state index in [-0.39, 0.29) is 17.4 Å². The third kappa shape index (κ3) is 7.53. The molecule has 94 valence electrons. The van der Waals surface area contributed by atoms with Crippen molar-refractivity contribution < 1.29 is 19.4 Å². The van der Waals surface area contributed by atoms with Gasteiger partial charge in [-0.15, -0.1) is 11.8 Å². The number of likely N-dealkylation sites (N-methyl/N-ethyl adjacent to an activating group) is 1. The first-order valence-corrected chi connectivity index (χ1v) is 6.42. The van der Waals surface area contributed by atoms with Gasteiger partial charge in [0.1, 0.15) is 0 Å². The Kier molecular flexibility index (Phi) is 9.03. The maximum absolute atomic E-state index is 11.6. The first-order chi connectivity index (χ1) is 7.61. The van der Waals surface area contributed by atoms with Crippen molar-refractivity contribution in [2.75, 3.05) is 37.8 Å². The Morgan fingerprint density at radius 1 is 1.31 bits per heavy atom. The van der Waals surface area contributed by atoms with Gasteiger partial charge in [-0.05, 0) is 13.8 Å². The van der Waals surface area contributed by atoms with Crippen molar-refractivity contribution in [1.82, 2.24) is 4.90 Å². The number of amides is 1. The minimum absolute atomic E-state index is 0.0330. The molecule has 0 aliphatic heterocycles. The topological polar surface area (TPSA) is 66.8 Å². The molecule has 0 rings (SSSR count). The van der Waals surface area contributed by atoms with Crippen molar-refractivity contribution in [3.63, 3.8) is 0 Å². The predicted molar refractivity (Wildman–Crippen MR) is 63.7 cm³/mol. The lowest BCUT2D eigenvalue weighted by Crippen LogP contribution is -2.35. The van der Waals surface area contributed by atoms with Gasteiger partial charge in [0.2, 0.25) is 5.91 Å². The predicted octanol–water partition coefficient (Wildman–Crippen LogP) is 0.689. The third-order valence-electron chi connectivity index (χ3n) is 1.90. The Labute approximate surface area is 100 Å². The van der Waals surface area contributed by atoms with Crippen LogP contribution in [0.5, 0.6) is 0 Å². The van der Waals surface area contributed by atoms with E-state index >= 15 is 0 Å². The zero-order valence-corrected chi connectivity index (χ0v) is 10.6. The van der Waals surface area contributed by atoms with Crippen molar-refractivity contribution in [1.29, 1.82) is 0 Å². The molecule has 0 heterocycles. The Bertz CT molecular complexity index is 223. The summed E-state index contributed by atoms with van der Waals surface area (Å²) in [6.45, 7) is 6.15. The van der Waals surface area contributed by atoms with E-state index in [1.54, 1.807) is 4.90 Å². The second-order valence-electron chi connectivity index (χ2n) is 3.06. The summed E-state index contributed by atoms with van der Waals surface area (Å²) in [5, 5.41) is 8.43. The monoisotopic (exact) mass is 249 g/mol. The number of carbonyl (C=O) groups excluding carboxylic acids is 1. The van der Waals surface area contributed by atoms with Gasteiger partial charge in [-0.3, -0.25) is 9.59 Å². The van der Waals surface area contributed by atoms with Crippen LogP contribution >= 0.6 is 11.8 Å². The van der Waals surface area contributed by atoms with Gasteiger partial charge in [0.15, 0.2) is 0 Å². The number of carboxylic acid groups (broad SMARTS) is 1. The molecule has 0 saturated heterocycles. The number of aliphatic carboxylic acids is 1. The number of hydrogen-bond acceptors (Lipinski definition) is 4. The minimum Gasteiger partial charge on any atom is -0.481 e. The van der Waals surface area contributed by atoms with E-state index in [4.69, 9.17) is 9.84 Å². The highest BCUT2D eigenvalue weighted by molar-refractivity contribution is 8.00. The van der Waals surface area contributed by atoms with Crippen LogP contribution in [0.1, 0.15) is 13.8 Å². The number of carboxylic acids is 1. The highest BCUT2D eigenvalue weighted by atomic mass is 32.2. The molecule has 0 aliphatic carbocycles. The number of ether oxygens (including phenoxy) is 1. The molecule has 6 heteroatoms. The Hall–Kier alpha value is -0.750. The van der Waals surface area contributed by atoms with Gasteiger partial charge < -0.3 is 14.7 Å². The average molecular weight is 249 g/mol. The molecule has 1 N–H and O–H groups in total.